The van der Waals surface area contributed by atoms with Gasteiger partial charge in [0.05, 0.1) is 18.8 Å². The van der Waals surface area contributed by atoms with Crippen LogP contribution < -0.4 is 4.74 Å². The Balaban J connectivity index is 2.45. The van der Waals surface area contributed by atoms with Gasteiger partial charge in [-0.25, -0.2) is 4.79 Å². The van der Waals surface area contributed by atoms with Gasteiger partial charge in [0.25, 0.3) is 0 Å². The average molecular weight is 286 g/mol. The summed E-state index contributed by atoms with van der Waals surface area (Å²) >= 11 is 0. The minimum atomic E-state index is -4.49. The van der Waals surface area contributed by atoms with Crippen LogP contribution in [0.15, 0.2) is 23.8 Å². The summed E-state index contributed by atoms with van der Waals surface area (Å²) in [4.78, 5) is 11.7. The second-order valence-electron chi connectivity index (χ2n) is 4.21. The fourth-order valence-corrected chi connectivity index (χ4v) is 1.96. The van der Waals surface area contributed by atoms with Gasteiger partial charge in [-0.3, -0.25) is 0 Å². The van der Waals surface area contributed by atoms with Crippen molar-refractivity contribution in [2.75, 3.05) is 13.2 Å². The third-order valence-electron chi connectivity index (χ3n) is 2.84. The molecule has 1 heterocycles. The van der Waals surface area contributed by atoms with Crippen LogP contribution in [0.2, 0.25) is 0 Å². The van der Waals surface area contributed by atoms with Gasteiger partial charge in [0.15, 0.2) is 0 Å². The van der Waals surface area contributed by atoms with Gasteiger partial charge < -0.3 is 9.47 Å². The van der Waals surface area contributed by atoms with E-state index in [-0.39, 0.29) is 30.9 Å². The first-order valence-corrected chi connectivity index (χ1v) is 6.14. The van der Waals surface area contributed by atoms with Crippen molar-refractivity contribution in [2.45, 2.75) is 19.5 Å². The van der Waals surface area contributed by atoms with Crippen LogP contribution in [0.4, 0.5) is 13.2 Å². The average Bonchev–Trinajstić information content (AvgIpc) is 2.59. The highest BCUT2D eigenvalue weighted by atomic mass is 19.4. The zero-order valence-corrected chi connectivity index (χ0v) is 10.8. The number of halogens is 3. The van der Waals surface area contributed by atoms with Crippen molar-refractivity contribution in [1.82, 2.24) is 0 Å². The van der Waals surface area contributed by atoms with Crippen molar-refractivity contribution in [2.24, 2.45) is 0 Å². The van der Waals surface area contributed by atoms with Crippen LogP contribution in [-0.4, -0.2) is 19.2 Å². The highest BCUT2D eigenvalue weighted by Gasteiger charge is 2.35. The van der Waals surface area contributed by atoms with E-state index < -0.39 is 17.7 Å². The molecule has 2 rings (SSSR count). The third kappa shape index (κ3) is 2.95. The third-order valence-corrected chi connectivity index (χ3v) is 2.84. The van der Waals surface area contributed by atoms with Crippen molar-refractivity contribution < 1.29 is 27.4 Å². The molecule has 108 valence electrons. The molecule has 1 aliphatic rings. The van der Waals surface area contributed by atoms with Gasteiger partial charge in [-0.05, 0) is 19.1 Å². The smallest absolute Gasteiger partial charge is 0.419 e. The molecule has 20 heavy (non-hydrogen) atoms. The fraction of sp³-hybridized carbons (Fsp3) is 0.357. The number of esters is 1. The van der Waals surface area contributed by atoms with Gasteiger partial charge in [-0.15, -0.1) is 0 Å². The van der Waals surface area contributed by atoms with Gasteiger partial charge in [0, 0.05) is 17.6 Å². The largest absolute Gasteiger partial charge is 0.492 e. The first-order chi connectivity index (χ1) is 9.43. The van der Waals surface area contributed by atoms with E-state index in [1.54, 1.807) is 6.92 Å². The number of rotatable bonds is 2. The van der Waals surface area contributed by atoms with E-state index in [0.717, 1.165) is 6.07 Å². The van der Waals surface area contributed by atoms with Crippen LogP contribution in [0.25, 0.3) is 6.08 Å². The van der Waals surface area contributed by atoms with Crippen molar-refractivity contribution in [1.29, 1.82) is 0 Å². The van der Waals surface area contributed by atoms with Crippen molar-refractivity contribution in [3.05, 3.63) is 34.9 Å². The number of hydrogen-bond acceptors (Lipinski definition) is 3. The molecule has 0 radical (unpaired) electrons. The van der Waals surface area contributed by atoms with E-state index in [4.69, 9.17) is 9.47 Å². The zero-order valence-electron chi connectivity index (χ0n) is 10.8. The second-order valence-corrected chi connectivity index (χ2v) is 4.21. The monoisotopic (exact) mass is 286 g/mol. The summed E-state index contributed by atoms with van der Waals surface area (Å²) in [6.45, 7) is 1.89. The number of para-hydroxylation sites is 1. The van der Waals surface area contributed by atoms with E-state index in [9.17, 15) is 18.0 Å². The quantitative estimate of drug-likeness (QED) is 0.781. The molecule has 0 saturated heterocycles. The van der Waals surface area contributed by atoms with Crippen LogP contribution in [-0.2, 0) is 15.7 Å². The maximum absolute atomic E-state index is 12.9. The molecule has 0 bridgehead atoms. The number of benzene rings is 1. The van der Waals surface area contributed by atoms with Crippen LogP contribution in [0.5, 0.6) is 5.75 Å². The number of alkyl halides is 3. The summed E-state index contributed by atoms with van der Waals surface area (Å²) in [6, 6.07) is 3.73. The van der Waals surface area contributed by atoms with Crippen LogP contribution in [0.3, 0.4) is 0 Å². The lowest BCUT2D eigenvalue weighted by atomic mass is 10.1. The molecular formula is C14H13F3O3. The number of fused-ring (bicyclic) bond motifs is 1. The van der Waals surface area contributed by atoms with E-state index in [1.807, 2.05) is 0 Å². The maximum Gasteiger partial charge on any atom is 0.419 e. The lowest BCUT2D eigenvalue weighted by Crippen LogP contribution is -2.10. The topological polar surface area (TPSA) is 35.5 Å². The number of ether oxygens (including phenoxy) is 2. The Morgan fingerprint density at radius 2 is 2.15 bits per heavy atom. The minimum Gasteiger partial charge on any atom is -0.492 e. The maximum atomic E-state index is 12.9. The van der Waals surface area contributed by atoms with Crippen molar-refractivity contribution in [3.63, 3.8) is 0 Å². The standard InChI is InChI=1S/C14H13F3O3/c1-2-19-13(18)10-6-7-20-12-9(8-10)4-3-5-11(12)14(15,16)17/h3-5,8H,2,6-7H2,1H3. The Morgan fingerprint density at radius 3 is 2.80 bits per heavy atom. The first kappa shape index (κ1) is 14.4. The molecule has 1 aliphatic heterocycles. The normalized spacial score (nSPS) is 14.7. The predicted octanol–water partition coefficient (Wildman–Crippen LogP) is 3.43. The molecule has 3 nitrogen and oxygen atoms in total. The summed E-state index contributed by atoms with van der Waals surface area (Å²) in [7, 11) is 0. The van der Waals surface area contributed by atoms with Crippen LogP contribution >= 0.6 is 0 Å². The van der Waals surface area contributed by atoms with Gasteiger partial charge in [0.2, 0.25) is 0 Å². The van der Waals surface area contributed by atoms with E-state index in [2.05, 4.69) is 0 Å². The molecule has 0 saturated carbocycles. The van der Waals surface area contributed by atoms with Crippen molar-refractivity contribution >= 4 is 12.0 Å². The van der Waals surface area contributed by atoms with E-state index in [0.29, 0.717) is 5.57 Å². The van der Waals surface area contributed by atoms with Crippen LogP contribution in [0, 0.1) is 0 Å². The molecule has 0 fully saturated rings. The van der Waals surface area contributed by atoms with Gasteiger partial charge >= 0.3 is 12.1 Å². The Hall–Kier alpha value is -1.98. The molecule has 0 amide bonds. The number of hydrogen-bond donors (Lipinski definition) is 0. The summed E-state index contributed by atoms with van der Waals surface area (Å²) in [5.74, 6) is -0.763. The summed E-state index contributed by atoms with van der Waals surface area (Å²) in [5, 5.41) is 0. The highest BCUT2D eigenvalue weighted by Crippen LogP contribution is 2.40. The Bertz CT molecular complexity index is 547. The lowest BCUT2D eigenvalue weighted by Gasteiger charge is -2.14. The Morgan fingerprint density at radius 1 is 1.40 bits per heavy atom. The molecule has 0 aromatic heterocycles. The second kappa shape index (κ2) is 5.56. The predicted molar refractivity (Wildman–Crippen MR) is 66.2 cm³/mol. The Kier molecular flexibility index (Phi) is 4.01. The first-order valence-electron chi connectivity index (χ1n) is 6.14. The van der Waals surface area contributed by atoms with Gasteiger partial charge in [0.1, 0.15) is 5.75 Å². The Labute approximate surface area is 114 Å². The summed E-state index contributed by atoms with van der Waals surface area (Å²) in [5.41, 5.74) is -0.290. The molecular weight excluding hydrogens is 273 g/mol. The molecule has 1 aromatic rings. The fourth-order valence-electron chi connectivity index (χ4n) is 1.96. The lowest BCUT2D eigenvalue weighted by molar-refractivity contribution is -0.140. The molecule has 0 aliphatic carbocycles. The molecule has 0 spiro atoms. The van der Waals surface area contributed by atoms with Gasteiger partial charge in [-0.2, -0.15) is 13.2 Å². The molecule has 0 N–H and O–H groups in total. The SMILES string of the molecule is CCOC(=O)C1=Cc2cccc(C(F)(F)F)c2OCC1. The molecule has 0 atom stereocenters. The number of carbonyl (C=O) groups excluding carboxylic acids is 1. The summed E-state index contributed by atoms with van der Waals surface area (Å²) in [6.07, 6.45) is -2.88. The molecule has 1 aromatic carbocycles. The van der Waals surface area contributed by atoms with Gasteiger partial charge in [-0.1, -0.05) is 12.1 Å². The molecule has 6 heteroatoms. The van der Waals surface area contributed by atoms with E-state index in [1.165, 1.54) is 18.2 Å². The van der Waals surface area contributed by atoms with E-state index >= 15 is 0 Å². The van der Waals surface area contributed by atoms with Crippen molar-refractivity contribution in [3.8, 4) is 5.75 Å². The minimum absolute atomic E-state index is 0.00470. The zero-order chi connectivity index (χ0) is 14.8. The number of carbonyl (C=O) groups is 1. The van der Waals surface area contributed by atoms with Crippen LogP contribution in [0.1, 0.15) is 24.5 Å². The highest BCUT2D eigenvalue weighted by molar-refractivity contribution is 5.94. The summed E-state index contributed by atoms with van der Waals surface area (Å²) < 4.78 is 48.7. The molecule has 0 unspecified atom stereocenters.